The van der Waals surface area contributed by atoms with Crippen LogP contribution in [0.15, 0.2) is 28.8 Å². The second kappa shape index (κ2) is 6.76. The van der Waals surface area contributed by atoms with E-state index < -0.39 is 0 Å². The van der Waals surface area contributed by atoms with Crippen LogP contribution in [0.4, 0.5) is 0 Å². The highest BCUT2D eigenvalue weighted by molar-refractivity contribution is 5.55. The smallest absolute Gasteiger partial charge is 0.234 e. The van der Waals surface area contributed by atoms with Crippen molar-refractivity contribution in [3.8, 4) is 11.4 Å². The maximum atomic E-state index is 5.77. The summed E-state index contributed by atoms with van der Waals surface area (Å²) in [7, 11) is 0. The van der Waals surface area contributed by atoms with Gasteiger partial charge in [-0.15, -0.1) is 0 Å². The van der Waals surface area contributed by atoms with Crippen molar-refractivity contribution in [2.75, 3.05) is 39.4 Å². The lowest BCUT2D eigenvalue weighted by atomic mass is 9.80. The molecule has 0 unspecified atom stereocenters. The Kier molecular flexibility index (Phi) is 4.27. The summed E-state index contributed by atoms with van der Waals surface area (Å²) >= 11 is 0. The van der Waals surface area contributed by atoms with Crippen molar-refractivity contribution in [1.82, 2.24) is 20.4 Å². The highest BCUT2D eigenvalue weighted by Gasteiger charge is 2.51. The van der Waals surface area contributed by atoms with Gasteiger partial charge < -0.3 is 14.6 Å². The first-order chi connectivity index (χ1) is 12.8. The molecule has 1 aliphatic carbocycles. The topological polar surface area (TPSA) is 63.4 Å². The molecule has 6 heteroatoms. The van der Waals surface area contributed by atoms with Crippen molar-refractivity contribution in [2.45, 2.75) is 31.2 Å². The van der Waals surface area contributed by atoms with Crippen LogP contribution in [0.1, 0.15) is 30.7 Å². The van der Waals surface area contributed by atoms with Crippen LogP contribution in [0.2, 0.25) is 0 Å². The summed E-state index contributed by atoms with van der Waals surface area (Å²) < 4.78 is 11.2. The highest BCUT2D eigenvalue weighted by Crippen LogP contribution is 2.47. The minimum absolute atomic E-state index is 0.0661. The summed E-state index contributed by atoms with van der Waals surface area (Å²) in [6.45, 7) is 6.62. The van der Waals surface area contributed by atoms with Gasteiger partial charge in [0, 0.05) is 31.7 Å². The number of fused-ring (bicyclic) bond motifs is 1. The maximum Gasteiger partial charge on any atom is 0.234 e. The average Bonchev–Trinajstić information content (AvgIpc) is 3.38. The number of benzene rings is 1. The second-order valence-corrected chi connectivity index (χ2v) is 7.89. The first-order valence-corrected chi connectivity index (χ1v) is 9.78. The zero-order valence-electron chi connectivity index (χ0n) is 15.1. The second-order valence-electron chi connectivity index (χ2n) is 7.89. The molecule has 3 heterocycles. The zero-order chi connectivity index (χ0) is 17.4. The molecule has 2 atom stereocenters. The van der Waals surface area contributed by atoms with Gasteiger partial charge in [0.1, 0.15) is 0 Å². The number of morpholine rings is 1. The van der Waals surface area contributed by atoms with Crippen LogP contribution in [0.5, 0.6) is 0 Å². The molecule has 26 heavy (non-hydrogen) atoms. The lowest BCUT2D eigenvalue weighted by Crippen LogP contribution is -2.35. The largest absolute Gasteiger partial charge is 0.379 e. The summed E-state index contributed by atoms with van der Waals surface area (Å²) in [6, 6.07) is 8.54. The van der Waals surface area contributed by atoms with Gasteiger partial charge in [0.2, 0.25) is 11.7 Å². The predicted molar refractivity (Wildman–Crippen MR) is 97.7 cm³/mol. The SMILES string of the molecule is c1cc(CN2CCOCC2)cc(-c2noc([C@@]34CCC[C@@H]3CNC4)n2)c1. The van der Waals surface area contributed by atoms with E-state index in [-0.39, 0.29) is 5.41 Å². The van der Waals surface area contributed by atoms with Crippen LogP contribution in [0.3, 0.4) is 0 Å². The molecule has 1 saturated carbocycles. The molecule has 3 aliphatic rings. The van der Waals surface area contributed by atoms with E-state index in [1.165, 1.54) is 18.4 Å². The van der Waals surface area contributed by atoms with Crippen molar-refractivity contribution in [3.05, 3.63) is 35.7 Å². The summed E-state index contributed by atoms with van der Waals surface area (Å²) in [4.78, 5) is 7.26. The minimum Gasteiger partial charge on any atom is -0.379 e. The van der Waals surface area contributed by atoms with Crippen molar-refractivity contribution < 1.29 is 9.26 Å². The fraction of sp³-hybridized carbons (Fsp3) is 0.600. The third-order valence-electron chi connectivity index (χ3n) is 6.34. The number of ether oxygens (including phenoxy) is 1. The Morgan fingerprint density at radius 3 is 3.12 bits per heavy atom. The molecule has 0 spiro atoms. The van der Waals surface area contributed by atoms with Gasteiger partial charge in [-0.2, -0.15) is 4.98 Å². The molecule has 0 bridgehead atoms. The Balaban J connectivity index is 1.37. The molecule has 0 radical (unpaired) electrons. The number of hydrogen-bond acceptors (Lipinski definition) is 6. The fourth-order valence-corrected chi connectivity index (χ4v) is 4.87. The normalized spacial score (nSPS) is 29.2. The van der Waals surface area contributed by atoms with Crippen molar-refractivity contribution >= 4 is 0 Å². The van der Waals surface area contributed by atoms with Crippen molar-refractivity contribution in [2.24, 2.45) is 5.92 Å². The molecule has 1 aromatic heterocycles. The average molecular weight is 354 g/mol. The van der Waals surface area contributed by atoms with E-state index in [0.717, 1.165) is 69.6 Å². The molecule has 2 aromatic rings. The number of nitrogens with zero attached hydrogens (tertiary/aromatic N) is 3. The number of aromatic nitrogens is 2. The molecule has 1 N–H and O–H groups in total. The van der Waals surface area contributed by atoms with E-state index in [4.69, 9.17) is 14.2 Å². The first-order valence-electron chi connectivity index (χ1n) is 9.78. The first kappa shape index (κ1) is 16.4. The third-order valence-corrected chi connectivity index (χ3v) is 6.34. The van der Waals surface area contributed by atoms with Gasteiger partial charge in [0.15, 0.2) is 0 Å². The fourth-order valence-electron chi connectivity index (χ4n) is 4.87. The van der Waals surface area contributed by atoms with E-state index in [2.05, 4.69) is 39.6 Å². The van der Waals surface area contributed by atoms with E-state index >= 15 is 0 Å². The molecule has 2 saturated heterocycles. The van der Waals surface area contributed by atoms with Gasteiger partial charge in [0.05, 0.1) is 18.6 Å². The van der Waals surface area contributed by atoms with Crippen LogP contribution in [0.25, 0.3) is 11.4 Å². The Morgan fingerprint density at radius 2 is 2.19 bits per heavy atom. The monoisotopic (exact) mass is 354 g/mol. The van der Waals surface area contributed by atoms with E-state index in [1.807, 2.05) is 0 Å². The van der Waals surface area contributed by atoms with E-state index in [0.29, 0.717) is 5.92 Å². The Labute approximate surface area is 153 Å². The lowest BCUT2D eigenvalue weighted by molar-refractivity contribution is 0.0342. The molecule has 0 amide bonds. The quantitative estimate of drug-likeness (QED) is 0.908. The molecule has 138 valence electrons. The standard InChI is InChI=1S/C20H26N4O2/c1-3-15(13-24-7-9-25-10-8-24)11-16(4-1)18-22-19(26-23-18)20-6-2-5-17(20)12-21-14-20/h1,3-4,11,17,21H,2,5-10,12-14H2/t17-,20-/m1/s1. The number of hydrogen-bond donors (Lipinski definition) is 1. The molecule has 3 fully saturated rings. The molecule has 1 aromatic carbocycles. The Bertz CT molecular complexity index is 759. The number of rotatable bonds is 4. The van der Waals surface area contributed by atoms with Crippen LogP contribution < -0.4 is 5.32 Å². The highest BCUT2D eigenvalue weighted by atomic mass is 16.5. The summed E-state index contributed by atoms with van der Waals surface area (Å²) in [5, 5.41) is 7.85. The van der Waals surface area contributed by atoms with Crippen LogP contribution in [-0.2, 0) is 16.7 Å². The molecule has 2 aliphatic heterocycles. The van der Waals surface area contributed by atoms with Crippen molar-refractivity contribution in [3.63, 3.8) is 0 Å². The van der Waals surface area contributed by atoms with Crippen LogP contribution in [0, 0.1) is 5.92 Å². The van der Waals surface area contributed by atoms with Crippen LogP contribution in [-0.4, -0.2) is 54.4 Å². The summed E-state index contributed by atoms with van der Waals surface area (Å²) in [6.07, 6.45) is 3.68. The predicted octanol–water partition coefficient (Wildman–Crippen LogP) is 2.21. The molecular formula is C20H26N4O2. The van der Waals surface area contributed by atoms with Gasteiger partial charge in [-0.3, -0.25) is 4.90 Å². The van der Waals surface area contributed by atoms with Gasteiger partial charge in [0.25, 0.3) is 0 Å². The van der Waals surface area contributed by atoms with Gasteiger partial charge in [-0.1, -0.05) is 29.8 Å². The minimum atomic E-state index is 0.0661. The number of nitrogens with one attached hydrogen (secondary N) is 1. The zero-order valence-corrected chi connectivity index (χ0v) is 15.1. The van der Waals surface area contributed by atoms with Crippen molar-refractivity contribution in [1.29, 1.82) is 0 Å². The Hall–Kier alpha value is -1.76. The lowest BCUT2D eigenvalue weighted by Gasteiger charge is -2.26. The van der Waals surface area contributed by atoms with Gasteiger partial charge >= 0.3 is 0 Å². The summed E-state index contributed by atoms with van der Waals surface area (Å²) in [5.41, 5.74) is 2.40. The van der Waals surface area contributed by atoms with E-state index in [1.54, 1.807) is 0 Å². The summed E-state index contributed by atoms with van der Waals surface area (Å²) in [5.74, 6) is 2.19. The van der Waals surface area contributed by atoms with E-state index in [9.17, 15) is 0 Å². The molecule has 5 rings (SSSR count). The Morgan fingerprint density at radius 1 is 1.27 bits per heavy atom. The van der Waals surface area contributed by atoms with Crippen LogP contribution >= 0.6 is 0 Å². The third kappa shape index (κ3) is 2.86. The van der Waals surface area contributed by atoms with Gasteiger partial charge in [-0.05, 0) is 36.9 Å². The van der Waals surface area contributed by atoms with Gasteiger partial charge in [-0.25, -0.2) is 0 Å². The molecule has 6 nitrogen and oxygen atoms in total. The maximum absolute atomic E-state index is 5.77. The molecular weight excluding hydrogens is 328 g/mol.